The van der Waals surface area contributed by atoms with Gasteiger partial charge in [0.25, 0.3) is 0 Å². The van der Waals surface area contributed by atoms with Crippen LogP contribution in [0.4, 0.5) is 5.82 Å². The minimum atomic E-state index is -0.144. The van der Waals surface area contributed by atoms with E-state index in [-0.39, 0.29) is 18.4 Å². The Balaban J connectivity index is 0.00000144. The van der Waals surface area contributed by atoms with Crippen molar-refractivity contribution in [3.05, 3.63) is 11.8 Å². The first-order chi connectivity index (χ1) is 5.65. The maximum Gasteiger partial charge on any atom is 0.215 e. The van der Waals surface area contributed by atoms with E-state index < -0.39 is 0 Å². The highest BCUT2D eigenvalue weighted by Crippen LogP contribution is 2.06. The van der Waals surface area contributed by atoms with Crippen molar-refractivity contribution in [1.29, 1.82) is 5.41 Å². The molecule has 0 aliphatic heterocycles. The first-order valence-electron chi connectivity index (χ1n) is 3.84. The van der Waals surface area contributed by atoms with Gasteiger partial charge in [-0.25, -0.2) is 0 Å². The normalized spacial score (nSPS) is 9.31. The Kier molecular flexibility index (Phi) is 4.27. The van der Waals surface area contributed by atoms with Crippen LogP contribution in [0.5, 0.6) is 0 Å². The summed E-state index contributed by atoms with van der Waals surface area (Å²) in [5.41, 5.74) is 11.7. The molecule has 0 aliphatic rings. The van der Waals surface area contributed by atoms with Gasteiger partial charge >= 0.3 is 0 Å². The maximum absolute atomic E-state index is 7.12. The Morgan fingerprint density at radius 1 is 1.69 bits per heavy atom. The second kappa shape index (κ2) is 4.71. The van der Waals surface area contributed by atoms with Crippen molar-refractivity contribution in [2.24, 2.45) is 5.73 Å². The number of nitrogens with two attached hydrogens (primary N) is 2. The third-order valence-corrected chi connectivity index (χ3v) is 1.52. The number of halogens is 1. The monoisotopic (exact) mass is 203 g/mol. The predicted molar refractivity (Wildman–Crippen MR) is 55.2 cm³/mol. The van der Waals surface area contributed by atoms with E-state index in [2.05, 4.69) is 12.0 Å². The van der Waals surface area contributed by atoms with Crippen LogP contribution in [-0.4, -0.2) is 15.7 Å². The molecule has 0 saturated heterocycles. The molecule has 0 radical (unpaired) electrons. The number of rotatable bonds is 2. The highest BCUT2D eigenvalue weighted by molar-refractivity contribution is 5.85. The van der Waals surface area contributed by atoms with Gasteiger partial charge in [0.15, 0.2) is 0 Å². The van der Waals surface area contributed by atoms with Crippen LogP contribution in [0.25, 0.3) is 0 Å². The zero-order valence-electron chi connectivity index (χ0n) is 7.45. The van der Waals surface area contributed by atoms with Crippen LogP contribution in [0, 0.1) is 5.41 Å². The van der Waals surface area contributed by atoms with E-state index in [0.717, 1.165) is 18.5 Å². The number of aryl methyl sites for hydroxylation is 1. The van der Waals surface area contributed by atoms with Gasteiger partial charge in [0.05, 0.1) is 5.69 Å². The van der Waals surface area contributed by atoms with Crippen LogP contribution in [0.15, 0.2) is 6.07 Å². The second-order valence-corrected chi connectivity index (χ2v) is 2.61. The predicted octanol–water partition coefficient (Wildman–Crippen LogP) is 0.581. The summed E-state index contributed by atoms with van der Waals surface area (Å²) in [5.74, 6) is 0.279. The van der Waals surface area contributed by atoms with Crippen molar-refractivity contribution in [3.8, 4) is 0 Å². The molecule has 5 N–H and O–H groups in total. The molecule has 6 heteroatoms. The lowest BCUT2D eigenvalue weighted by Gasteiger charge is -1.97. The Morgan fingerprint density at radius 3 is 2.69 bits per heavy atom. The molecule has 1 aromatic heterocycles. The van der Waals surface area contributed by atoms with E-state index in [1.165, 1.54) is 4.68 Å². The number of nitrogens with one attached hydrogen (secondary N) is 1. The zero-order valence-corrected chi connectivity index (χ0v) is 8.27. The molecule has 0 atom stereocenters. The van der Waals surface area contributed by atoms with Crippen LogP contribution in [0.2, 0.25) is 0 Å². The molecule has 0 spiro atoms. The molecule has 0 aliphatic carbocycles. The first-order valence-corrected chi connectivity index (χ1v) is 3.84. The number of nitrogens with zero attached hydrogens (tertiary/aromatic N) is 2. The Hall–Kier alpha value is -1.23. The lowest BCUT2D eigenvalue weighted by molar-refractivity contribution is 0.826. The molecule has 1 rings (SSSR count). The van der Waals surface area contributed by atoms with Gasteiger partial charge in [-0.3, -0.25) is 5.41 Å². The van der Waals surface area contributed by atoms with Crippen LogP contribution in [0.3, 0.4) is 0 Å². The van der Waals surface area contributed by atoms with E-state index >= 15 is 0 Å². The third kappa shape index (κ3) is 2.62. The summed E-state index contributed by atoms with van der Waals surface area (Å²) in [6.45, 7) is 2.06. The molecule has 74 valence electrons. The lowest BCUT2D eigenvalue weighted by atomic mass is 10.2. The first kappa shape index (κ1) is 11.8. The van der Waals surface area contributed by atoms with Gasteiger partial charge in [0, 0.05) is 6.07 Å². The van der Waals surface area contributed by atoms with Crippen LogP contribution >= 0.6 is 12.4 Å². The molecule has 5 nitrogen and oxygen atoms in total. The molecule has 0 unspecified atom stereocenters. The summed E-state index contributed by atoms with van der Waals surface area (Å²) in [7, 11) is 0. The van der Waals surface area contributed by atoms with Gasteiger partial charge in [-0.2, -0.15) is 9.78 Å². The fraction of sp³-hybridized carbons (Fsp3) is 0.429. The average Bonchev–Trinajstić information content (AvgIpc) is 2.32. The number of hydrogen-bond donors (Lipinski definition) is 3. The fourth-order valence-electron chi connectivity index (χ4n) is 1.02. The number of nitrogen functional groups attached to an aromatic ring is 2. The van der Waals surface area contributed by atoms with E-state index in [0.29, 0.717) is 5.82 Å². The second-order valence-electron chi connectivity index (χ2n) is 2.61. The van der Waals surface area contributed by atoms with Crippen molar-refractivity contribution in [3.63, 3.8) is 0 Å². The van der Waals surface area contributed by atoms with Gasteiger partial charge < -0.3 is 11.5 Å². The largest absolute Gasteiger partial charge is 0.383 e. The zero-order chi connectivity index (χ0) is 9.14. The van der Waals surface area contributed by atoms with E-state index in [9.17, 15) is 0 Å². The summed E-state index contributed by atoms with van der Waals surface area (Å²) in [4.78, 5) is 0. The summed E-state index contributed by atoms with van der Waals surface area (Å²) < 4.78 is 1.23. The molecule has 0 aromatic carbocycles. The summed E-state index contributed by atoms with van der Waals surface area (Å²) in [6, 6.07) is 1.74. The van der Waals surface area contributed by atoms with Crippen LogP contribution in [-0.2, 0) is 6.42 Å². The SMILES string of the molecule is CCCc1cc(N)n(C(=N)N)n1.Cl. The molecule has 1 heterocycles. The van der Waals surface area contributed by atoms with Crippen molar-refractivity contribution >= 4 is 24.2 Å². The topological polar surface area (TPSA) is 93.7 Å². The Morgan fingerprint density at radius 2 is 2.31 bits per heavy atom. The Bertz CT molecular complexity index is 293. The molecular formula is C7H14ClN5. The average molecular weight is 204 g/mol. The van der Waals surface area contributed by atoms with Gasteiger partial charge in [-0.05, 0) is 6.42 Å². The van der Waals surface area contributed by atoms with Crippen molar-refractivity contribution in [1.82, 2.24) is 9.78 Å². The van der Waals surface area contributed by atoms with Gasteiger partial charge in [0.2, 0.25) is 5.96 Å². The smallest absolute Gasteiger partial charge is 0.215 e. The standard InChI is InChI=1S/C7H13N5.ClH/c1-2-3-5-4-6(8)12(11-5)7(9)10;/h4H,2-3,8H2,1H3,(H3,9,10);1H. The van der Waals surface area contributed by atoms with E-state index in [4.69, 9.17) is 16.9 Å². The molecule has 1 aromatic rings. The molecular weight excluding hydrogens is 190 g/mol. The fourth-order valence-corrected chi connectivity index (χ4v) is 1.02. The van der Waals surface area contributed by atoms with Crippen LogP contribution in [0.1, 0.15) is 19.0 Å². The minimum Gasteiger partial charge on any atom is -0.383 e. The van der Waals surface area contributed by atoms with Crippen LogP contribution < -0.4 is 11.5 Å². The molecule has 0 bridgehead atoms. The van der Waals surface area contributed by atoms with E-state index in [1.807, 2.05) is 0 Å². The van der Waals surface area contributed by atoms with Gasteiger partial charge in [-0.15, -0.1) is 12.4 Å². The van der Waals surface area contributed by atoms with Gasteiger partial charge in [0.1, 0.15) is 5.82 Å². The van der Waals surface area contributed by atoms with Crippen molar-refractivity contribution in [2.45, 2.75) is 19.8 Å². The maximum atomic E-state index is 7.12. The quantitative estimate of drug-likeness (QED) is 0.485. The van der Waals surface area contributed by atoms with E-state index in [1.54, 1.807) is 6.07 Å². The highest BCUT2D eigenvalue weighted by atomic mass is 35.5. The summed E-state index contributed by atoms with van der Waals surface area (Å²) in [6.07, 6.45) is 1.87. The Labute approximate surface area is 83.0 Å². The van der Waals surface area contributed by atoms with Crippen molar-refractivity contribution in [2.75, 3.05) is 5.73 Å². The molecule has 0 amide bonds. The molecule has 0 fully saturated rings. The third-order valence-electron chi connectivity index (χ3n) is 1.52. The number of hydrogen-bond acceptors (Lipinski definition) is 3. The highest BCUT2D eigenvalue weighted by Gasteiger charge is 2.05. The lowest BCUT2D eigenvalue weighted by Crippen LogP contribution is -2.23. The molecule has 0 saturated carbocycles. The summed E-state index contributed by atoms with van der Waals surface area (Å²) >= 11 is 0. The van der Waals surface area contributed by atoms with Crippen molar-refractivity contribution < 1.29 is 0 Å². The number of anilines is 1. The number of aromatic nitrogens is 2. The molecule has 13 heavy (non-hydrogen) atoms. The summed E-state index contributed by atoms with van der Waals surface area (Å²) in [5, 5.41) is 11.2. The minimum absolute atomic E-state index is 0. The van der Waals surface area contributed by atoms with Gasteiger partial charge in [-0.1, -0.05) is 13.3 Å².